The van der Waals surface area contributed by atoms with E-state index < -0.39 is 11.7 Å². The molecule has 7 heteroatoms. The molecule has 0 aliphatic carbocycles. The van der Waals surface area contributed by atoms with Crippen molar-refractivity contribution in [3.05, 3.63) is 47.2 Å². The summed E-state index contributed by atoms with van der Waals surface area (Å²) < 4.78 is 11.4. The Morgan fingerprint density at radius 1 is 1.18 bits per heavy atom. The van der Waals surface area contributed by atoms with Crippen LogP contribution in [0.2, 0.25) is 0 Å². The van der Waals surface area contributed by atoms with E-state index in [9.17, 15) is 9.59 Å². The lowest BCUT2D eigenvalue weighted by molar-refractivity contribution is 0.0505. The van der Waals surface area contributed by atoms with Gasteiger partial charge in [-0.05, 0) is 82.3 Å². The summed E-state index contributed by atoms with van der Waals surface area (Å²) in [5.41, 5.74) is 4.04. The van der Waals surface area contributed by atoms with E-state index in [1.807, 2.05) is 44.7 Å². The lowest BCUT2D eigenvalue weighted by atomic mass is 10.0. The molecule has 7 nitrogen and oxygen atoms in total. The van der Waals surface area contributed by atoms with Crippen LogP contribution in [0.15, 0.2) is 30.5 Å². The van der Waals surface area contributed by atoms with Gasteiger partial charge in [0.2, 0.25) is 0 Å². The van der Waals surface area contributed by atoms with E-state index in [0.717, 1.165) is 54.1 Å². The number of rotatable bonds is 4. The van der Waals surface area contributed by atoms with Crippen molar-refractivity contribution in [2.75, 3.05) is 19.6 Å². The molecule has 1 saturated heterocycles. The molecule has 2 amide bonds. The van der Waals surface area contributed by atoms with Gasteiger partial charge in [0, 0.05) is 31.3 Å². The molecule has 1 N–H and O–H groups in total. The van der Waals surface area contributed by atoms with Crippen LogP contribution >= 0.6 is 0 Å². The average Bonchev–Trinajstić information content (AvgIpc) is 3.20. The number of alkyl carbamates (subject to hydrolysis) is 1. The van der Waals surface area contributed by atoms with Crippen molar-refractivity contribution in [1.82, 2.24) is 15.2 Å². The van der Waals surface area contributed by atoms with Gasteiger partial charge in [0.05, 0.1) is 17.8 Å². The van der Waals surface area contributed by atoms with E-state index in [1.54, 1.807) is 6.20 Å². The summed E-state index contributed by atoms with van der Waals surface area (Å²) in [5.74, 6) is 0.930. The van der Waals surface area contributed by atoms with Crippen LogP contribution in [0, 0.1) is 6.92 Å². The highest BCUT2D eigenvalue weighted by molar-refractivity contribution is 5.94. The van der Waals surface area contributed by atoms with Crippen LogP contribution in [-0.2, 0) is 11.2 Å². The number of nitrogens with zero attached hydrogens (tertiary/aromatic N) is 2. The molecule has 0 spiro atoms. The summed E-state index contributed by atoms with van der Waals surface area (Å²) in [4.78, 5) is 31.2. The Morgan fingerprint density at radius 3 is 2.61 bits per heavy atom. The van der Waals surface area contributed by atoms with Gasteiger partial charge in [-0.3, -0.25) is 9.78 Å². The summed E-state index contributed by atoms with van der Waals surface area (Å²) in [6, 6.07) is 7.92. The van der Waals surface area contributed by atoms with Crippen molar-refractivity contribution in [2.24, 2.45) is 0 Å². The van der Waals surface area contributed by atoms with Crippen LogP contribution in [-0.4, -0.2) is 53.2 Å². The fourth-order valence-electron chi connectivity index (χ4n) is 4.36. The quantitative estimate of drug-likeness (QED) is 0.740. The minimum absolute atomic E-state index is 0.0626. The average molecular weight is 452 g/mol. The minimum atomic E-state index is -0.532. The Bertz CT molecular complexity index is 1020. The Labute approximate surface area is 195 Å². The molecule has 0 bridgehead atoms. The van der Waals surface area contributed by atoms with Gasteiger partial charge < -0.3 is 19.7 Å². The first kappa shape index (κ1) is 23.1. The first-order valence-corrected chi connectivity index (χ1v) is 11.7. The largest absolute Gasteiger partial charge is 0.488 e. The molecule has 33 heavy (non-hydrogen) atoms. The molecular weight excluding hydrogens is 418 g/mol. The molecule has 1 atom stereocenters. The number of nitrogens with one attached hydrogen (secondary N) is 1. The van der Waals surface area contributed by atoms with Gasteiger partial charge in [-0.2, -0.15) is 0 Å². The first-order valence-electron chi connectivity index (χ1n) is 11.7. The summed E-state index contributed by atoms with van der Waals surface area (Å²) in [7, 11) is 0. The summed E-state index contributed by atoms with van der Waals surface area (Å²) in [6.07, 6.45) is 5.14. The molecule has 0 saturated carbocycles. The van der Waals surface area contributed by atoms with E-state index in [2.05, 4.69) is 22.4 Å². The number of benzene rings is 1. The number of piperidine rings is 1. The third-order valence-corrected chi connectivity index (χ3v) is 5.91. The number of aryl methyl sites for hydroxylation is 1. The summed E-state index contributed by atoms with van der Waals surface area (Å²) in [6.45, 7) is 9.56. The monoisotopic (exact) mass is 451 g/mol. The van der Waals surface area contributed by atoms with Gasteiger partial charge in [0.15, 0.2) is 0 Å². The smallest absolute Gasteiger partial charge is 0.407 e. The number of carbonyl (C=O) groups is 2. The SMILES string of the molecule is Cc1cc(-c2ccc(C(=O)N3CCCCC3)cn2)cc2c1OC(CNC(=O)OC(C)(C)C)C2. The molecule has 176 valence electrons. The highest BCUT2D eigenvalue weighted by Crippen LogP contribution is 2.36. The minimum Gasteiger partial charge on any atom is -0.488 e. The van der Waals surface area contributed by atoms with E-state index >= 15 is 0 Å². The van der Waals surface area contributed by atoms with Crippen molar-refractivity contribution in [3.8, 4) is 17.0 Å². The third-order valence-electron chi connectivity index (χ3n) is 5.91. The normalized spacial score (nSPS) is 17.8. The van der Waals surface area contributed by atoms with E-state index in [0.29, 0.717) is 18.5 Å². The number of amides is 2. The number of aromatic nitrogens is 1. The molecule has 2 aliphatic rings. The maximum Gasteiger partial charge on any atom is 0.407 e. The molecule has 3 heterocycles. The van der Waals surface area contributed by atoms with Crippen molar-refractivity contribution >= 4 is 12.0 Å². The lowest BCUT2D eigenvalue weighted by Gasteiger charge is -2.26. The van der Waals surface area contributed by atoms with Crippen LogP contribution in [0.3, 0.4) is 0 Å². The number of hydrogen-bond donors (Lipinski definition) is 1. The zero-order chi connectivity index (χ0) is 23.6. The molecule has 1 unspecified atom stereocenters. The van der Waals surface area contributed by atoms with Crippen LogP contribution in [0.25, 0.3) is 11.3 Å². The first-order chi connectivity index (χ1) is 15.7. The summed E-state index contributed by atoms with van der Waals surface area (Å²) >= 11 is 0. The second-order valence-electron chi connectivity index (χ2n) is 9.89. The second kappa shape index (κ2) is 9.41. The fraction of sp³-hybridized carbons (Fsp3) is 0.500. The number of hydrogen-bond acceptors (Lipinski definition) is 5. The second-order valence-corrected chi connectivity index (χ2v) is 9.89. The van der Waals surface area contributed by atoms with E-state index in [4.69, 9.17) is 9.47 Å². The van der Waals surface area contributed by atoms with E-state index in [1.165, 1.54) is 6.42 Å². The van der Waals surface area contributed by atoms with Crippen molar-refractivity contribution < 1.29 is 19.1 Å². The zero-order valence-electron chi connectivity index (χ0n) is 19.9. The number of pyridine rings is 1. The van der Waals surface area contributed by atoms with Gasteiger partial charge in [0.1, 0.15) is 17.5 Å². The standard InChI is InChI=1S/C26H33N3O4/c1-17-12-19(22-9-8-18(15-27-22)24(30)29-10-6-5-7-11-29)13-20-14-21(32-23(17)20)16-28-25(31)33-26(2,3)4/h8-9,12-13,15,21H,5-7,10-11,14,16H2,1-4H3,(H,28,31). The molecule has 4 rings (SSSR count). The Hall–Kier alpha value is -3.09. The number of ether oxygens (including phenoxy) is 2. The number of carbonyl (C=O) groups excluding carboxylic acids is 2. The van der Waals surface area contributed by atoms with Crippen LogP contribution < -0.4 is 10.1 Å². The van der Waals surface area contributed by atoms with Crippen molar-refractivity contribution in [2.45, 2.75) is 65.1 Å². The number of fused-ring (bicyclic) bond motifs is 1. The maximum atomic E-state index is 12.7. The van der Waals surface area contributed by atoms with Gasteiger partial charge in [0.25, 0.3) is 5.91 Å². The maximum absolute atomic E-state index is 12.7. The molecule has 1 fully saturated rings. The predicted molar refractivity (Wildman–Crippen MR) is 127 cm³/mol. The Kier molecular flexibility index (Phi) is 6.58. The molecule has 2 aromatic rings. The van der Waals surface area contributed by atoms with Gasteiger partial charge in [-0.15, -0.1) is 0 Å². The molecule has 0 radical (unpaired) electrons. The van der Waals surface area contributed by atoms with Crippen LogP contribution in [0.4, 0.5) is 4.79 Å². The topological polar surface area (TPSA) is 80.8 Å². The highest BCUT2D eigenvalue weighted by Gasteiger charge is 2.27. The van der Waals surface area contributed by atoms with Crippen molar-refractivity contribution in [1.29, 1.82) is 0 Å². The van der Waals surface area contributed by atoms with E-state index in [-0.39, 0.29) is 12.0 Å². The van der Waals surface area contributed by atoms with Gasteiger partial charge >= 0.3 is 6.09 Å². The summed E-state index contributed by atoms with van der Waals surface area (Å²) in [5, 5.41) is 2.79. The van der Waals surface area contributed by atoms with Gasteiger partial charge in [-0.25, -0.2) is 4.79 Å². The third kappa shape index (κ3) is 5.64. The fourth-order valence-corrected chi connectivity index (χ4v) is 4.36. The molecule has 1 aromatic carbocycles. The molecular formula is C26H33N3O4. The van der Waals surface area contributed by atoms with Crippen molar-refractivity contribution in [3.63, 3.8) is 0 Å². The van der Waals surface area contributed by atoms with Crippen LogP contribution in [0.5, 0.6) is 5.75 Å². The zero-order valence-corrected chi connectivity index (χ0v) is 19.9. The molecule has 2 aliphatic heterocycles. The highest BCUT2D eigenvalue weighted by atomic mass is 16.6. The number of likely N-dealkylation sites (tertiary alicyclic amines) is 1. The lowest BCUT2D eigenvalue weighted by Crippen LogP contribution is -2.38. The Morgan fingerprint density at radius 2 is 1.94 bits per heavy atom. The van der Waals surface area contributed by atoms with Crippen LogP contribution in [0.1, 0.15) is 61.5 Å². The van der Waals surface area contributed by atoms with Gasteiger partial charge in [-0.1, -0.05) is 0 Å². The predicted octanol–water partition coefficient (Wildman–Crippen LogP) is 4.51. The Balaban J connectivity index is 1.41. The molecule has 1 aromatic heterocycles.